The molecule has 0 amide bonds. The lowest BCUT2D eigenvalue weighted by Crippen LogP contribution is -2.07. The van der Waals surface area contributed by atoms with Gasteiger partial charge in [0.05, 0.1) is 0 Å². The molecule has 0 unspecified atom stereocenters. The van der Waals surface area contributed by atoms with E-state index in [1.165, 1.54) is 0 Å². The maximum Gasteiger partial charge on any atom is 0.333 e. The van der Waals surface area contributed by atoms with Crippen molar-refractivity contribution in [3.05, 3.63) is 90.5 Å². The molecule has 28 heavy (non-hydrogen) atoms. The largest absolute Gasteiger partial charge is 0.457 e. The molecule has 0 heterocycles. The van der Waals surface area contributed by atoms with Crippen molar-refractivity contribution in [3.8, 4) is 28.0 Å². The van der Waals surface area contributed by atoms with Gasteiger partial charge in [0.2, 0.25) is 6.79 Å². The summed E-state index contributed by atoms with van der Waals surface area (Å²) in [5.41, 5.74) is 2.53. The van der Waals surface area contributed by atoms with Gasteiger partial charge in [0.15, 0.2) is 11.6 Å². The summed E-state index contributed by atoms with van der Waals surface area (Å²) in [5.74, 6) is -1.97. The number of aryl methyl sites for hydroxylation is 1. The number of halogens is 2. The first kappa shape index (κ1) is 19.3. The average molecular weight is 380 g/mol. The third-order valence-corrected chi connectivity index (χ3v) is 4.20. The Bertz CT molecular complexity index is 994. The maximum atomic E-state index is 14.7. The fraction of sp³-hybridized carbons (Fsp3) is 0.0870. The van der Waals surface area contributed by atoms with E-state index < -0.39 is 17.6 Å². The molecule has 3 aromatic carbocycles. The first-order valence-electron chi connectivity index (χ1n) is 8.57. The van der Waals surface area contributed by atoms with Crippen LogP contribution in [-0.2, 0) is 9.53 Å². The van der Waals surface area contributed by atoms with Crippen molar-refractivity contribution in [3.63, 3.8) is 0 Å². The molecule has 5 heteroatoms. The molecule has 0 N–H and O–H groups in total. The number of carbonyl (C=O) groups excluding carboxylic acids is 1. The van der Waals surface area contributed by atoms with Crippen LogP contribution in [0.1, 0.15) is 5.56 Å². The monoisotopic (exact) mass is 380 g/mol. The highest BCUT2D eigenvalue weighted by molar-refractivity contribution is 5.81. The van der Waals surface area contributed by atoms with Crippen molar-refractivity contribution in [1.29, 1.82) is 0 Å². The second kappa shape index (κ2) is 8.48. The molecule has 3 nitrogen and oxygen atoms in total. The predicted octanol–water partition coefficient (Wildman–Crippen LogP) is 5.67. The summed E-state index contributed by atoms with van der Waals surface area (Å²) in [5, 5.41) is 0. The highest BCUT2D eigenvalue weighted by atomic mass is 19.2. The minimum absolute atomic E-state index is 0.151. The Labute approximate surface area is 161 Å². The van der Waals surface area contributed by atoms with Gasteiger partial charge in [-0.05, 0) is 30.2 Å². The van der Waals surface area contributed by atoms with Crippen molar-refractivity contribution in [1.82, 2.24) is 0 Å². The summed E-state index contributed by atoms with van der Waals surface area (Å²) in [7, 11) is 0. The second-order valence-electron chi connectivity index (χ2n) is 6.11. The van der Waals surface area contributed by atoms with E-state index >= 15 is 0 Å². The summed E-state index contributed by atoms with van der Waals surface area (Å²) in [6, 6.07) is 16.7. The lowest BCUT2D eigenvalue weighted by atomic mass is 9.98. The van der Waals surface area contributed by atoms with E-state index in [9.17, 15) is 13.6 Å². The zero-order valence-electron chi connectivity index (χ0n) is 15.2. The molecular weight excluding hydrogens is 362 g/mol. The standard InChI is InChI=1S/C23H18F2O3/c1-3-21(26)28-14-27-18-10-8-17(9-11-18)20-13-12-19(22(24)23(20)25)16-6-4-15(2)5-7-16/h3-13H,1,14H2,2H3. The first-order chi connectivity index (χ1) is 13.5. The summed E-state index contributed by atoms with van der Waals surface area (Å²) in [4.78, 5) is 11.0. The third kappa shape index (κ3) is 4.26. The van der Waals surface area contributed by atoms with Crippen LogP contribution in [-0.4, -0.2) is 12.8 Å². The number of benzene rings is 3. The molecule has 0 saturated carbocycles. The van der Waals surface area contributed by atoms with Gasteiger partial charge in [0, 0.05) is 17.2 Å². The van der Waals surface area contributed by atoms with Crippen LogP contribution < -0.4 is 4.74 Å². The Morgan fingerprint density at radius 3 is 1.89 bits per heavy atom. The molecule has 0 aromatic heterocycles. The Hall–Kier alpha value is -3.47. The van der Waals surface area contributed by atoms with E-state index in [0.29, 0.717) is 16.9 Å². The van der Waals surface area contributed by atoms with Crippen molar-refractivity contribution in [2.75, 3.05) is 6.79 Å². The topological polar surface area (TPSA) is 35.5 Å². The molecule has 0 aliphatic heterocycles. The van der Waals surface area contributed by atoms with Crippen molar-refractivity contribution in [2.24, 2.45) is 0 Å². The molecule has 142 valence electrons. The van der Waals surface area contributed by atoms with E-state index in [-0.39, 0.29) is 17.9 Å². The second-order valence-corrected chi connectivity index (χ2v) is 6.11. The zero-order valence-corrected chi connectivity index (χ0v) is 15.2. The predicted molar refractivity (Wildman–Crippen MR) is 104 cm³/mol. The van der Waals surface area contributed by atoms with Crippen LogP contribution in [0.3, 0.4) is 0 Å². The molecule has 0 radical (unpaired) electrons. The van der Waals surface area contributed by atoms with Crippen molar-refractivity contribution < 1.29 is 23.0 Å². The van der Waals surface area contributed by atoms with Crippen molar-refractivity contribution >= 4 is 5.97 Å². The normalized spacial score (nSPS) is 10.4. The van der Waals surface area contributed by atoms with Crippen LogP contribution in [0.5, 0.6) is 5.75 Å². The van der Waals surface area contributed by atoms with Gasteiger partial charge >= 0.3 is 5.97 Å². The maximum absolute atomic E-state index is 14.7. The van der Waals surface area contributed by atoms with E-state index in [4.69, 9.17) is 9.47 Å². The van der Waals surface area contributed by atoms with E-state index in [1.807, 2.05) is 19.1 Å². The summed E-state index contributed by atoms with van der Waals surface area (Å²) >= 11 is 0. The highest BCUT2D eigenvalue weighted by Crippen LogP contribution is 2.32. The van der Waals surface area contributed by atoms with Crippen LogP contribution in [0, 0.1) is 18.6 Å². The highest BCUT2D eigenvalue weighted by Gasteiger charge is 2.16. The summed E-state index contributed by atoms with van der Waals surface area (Å²) in [6.07, 6.45) is 1.03. The zero-order chi connectivity index (χ0) is 20.1. The summed E-state index contributed by atoms with van der Waals surface area (Å²) in [6.45, 7) is 4.95. The van der Waals surface area contributed by atoms with Gasteiger partial charge in [0.25, 0.3) is 0 Å². The average Bonchev–Trinajstić information content (AvgIpc) is 2.71. The van der Waals surface area contributed by atoms with E-state index in [0.717, 1.165) is 11.6 Å². The molecule has 0 atom stereocenters. The third-order valence-electron chi connectivity index (χ3n) is 4.20. The molecule has 3 rings (SSSR count). The van der Waals surface area contributed by atoms with Gasteiger partial charge in [-0.2, -0.15) is 0 Å². The Kier molecular flexibility index (Phi) is 5.84. The van der Waals surface area contributed by atoms with Crippen LogP contribution >= 0.6 is 0 Å². The van der Waals surface area contributed by atoms with Crippen molar-refractivity contribution in [2.45, 2.75) is 6.92 Å². The number of esters is 1. The van der Waals surface area contributed by atoms with Gasteiger partial charge in [-0.15, -0.1) is 0 Å². The molecule has 0 spiro atoms. The lowest BCUT2D eigenvalue weighted by Gasteiger charge is -2.10. The summed E-state index contributed by atoms with van der Waals surface area (Å²) < 4.78 is 39.3. The minimum Gasteiger partial charge on any atom is -0.457 e. The Morgan fingerprint density at radius 1 is 0.893 bits per heavy atom. The van der Waals surface area contributed by atoms with Crippen LogP contribution in [0.15, 0.2) is 73.3 Å². The van der Waals surface area contributed by atoms with Gasteiger partial charge in [-0.3, -0.25) is 0 Å². The fourth-order valence-electron chi connectivity index (χ4n) is 2.67. The van der Waals surface area contributed by atoms with Crippen LogP contribution in [0.4, 0.5) is 8.78 Å². The quantitative estimate of drug-likeness (QED) is 0.314. The molecule has 0 bridgehead atoms. The van der Waals surface area contributed by atoms with Gasteiger partial charge in [-0.25, -0.2) is 13.6 Å². The SMILES string of the molecule is C=CC(=O)OCOc1ccc(-c2ccc(-c3ccc(C)cc3)c(F)c2F)cc1. The Morgan fingerprint density at radius 2 is 1.39 bits per heavy atom. The number of hydrogen-bond acceptors (Lipinski definition) is 3. The van der Waals surface area contributed by atoms with Crippen LogP contribution in [0.25, 0.3) is 22.3 Å². The molecular formula is C23H18F2O3. The number of rotatable bonds is 6. The molecule has 0 saturated heterocycles. The lowest BCUT2D eigenvalue weighted by molar-refractivity contribution is -0.144. The van der Waals surface area contributed by atoms with Gasteiger partial charge in [0.1, 0.15) is 5.75 Å². The van der Waals surface area contributed by atoms with Crippen LogP contribution in [0.2, 0.25) is 0 Å². The van der Waals surface area contributed by atoms with Gasteiger partial charge in [-0.1, -0.05) is 60.7 Å². The minimum atomic E-state index is -0.911. The molecule has 0 fully saturated rings. The number of hydrogen-bond donors (Lipinski definition) is 0. The first-order valence-corrected chi connectivity index (χ1v) is 8.57. The fourth-order valence-corrected chi connectivity index (χ4v) is 2.67. The number of ether oxygens (including phenoxy) is 2. The molecule has 0 aliphatic rings. The Balaban J connectivity index is 1.80. The van der Waals surface area contributed by atoms with Gasteiger partial charge < -0.3 is 9.47 Å². The van der Waals surface area contributed by atoms with E-state index in [2.05, 4.69) is 6.58 Å². The smallest absolute Gasteiger partial charge is 0.333 e. The molecule has 0 aliphatic carbocycles. The number of carbonyl (C=O) groups is 1. The molecule has 3 aromatic rings. The van der Waals surface area contributed by atoms with E-state index in [1.54, 1.807) is 48.5 Å².